The summed E-state index contributed by atoms with van der Waals surface area (Å²) in [5.74, 6) is 2.95. The first-order chi connectivity index (χ1) is 9.65. The predicted octanol–water partition coefficient (Wildman–Crippen LogP) is 4.01. The Labute approximate surface area is 125 Å². The summed E-state index contributed by atoms with van der Waals surface area (Å²) in [6, 6.07) is 10.6. The Bertz CT molecular complexity index is 546. The number of benzene rings is 1. The molecule has 0 saturated carbocycles. The molecular formula is C16H23N3S. The number of nitrogen functional groups attached to an aromatic ring is 1. The van der Waals surface area contributed by atoms with Gasteiger partial charge in [0, 0.05) is 11.6 Å². The first-order valence-corrected chi connectivity index (χ1v) is 8.45. The number of hydrogen-bond acceptors (Lipinski definition) is 3. The minimum atomic E-state index is 0.312. The van der Waals surface area contributed by atoms with Gasteiger partial charge in [-0.1, -0.05) is 30.3 Å². The zero-order valence-electron chi connectivity index (χ0n) is 12.5. The molecule has 1 heterocycles. The standard InChI is InChI=1S/C16H23N3S/c1-12(2)19-15(17)14(10-7-11-20-3)18-16(19)13-8-5-4-6-9-13/h4-6,8-9,12H,7,10-11,17H2,1-3H3. The Hall–Kier alpha value is -1.42. The number of anilines is 1. The highest BCUT2D eigenvalue weighted by Crippen LogP contribution is 2.28. The summed E-state index contributed by atoms with van der Waals surface area (Å²) in [4.78, 5) is 4.80. The zero-order valence-corrected chi connectivity index (χ0v) is 13.3. The molecule has 0 saturated heterocycles. The third kappa shape index (κ3) is 3.18. The quantitative estimate of drug-likeness (QED) is 0.817. The second kappa shape index (κ2) is 6.84. The average Bonchev–Trinajstić information content (AvgIpc) is 2.77. The topological polar surface area (TPSA) is 43.8 Å². The lowest BCUT2D eigenvalue weighted by molar-refractivity contribution is 0.613. The molecule has 0 unspecified atom stereocenters. The molecule has 0 bridgehead atoms. The van der Waals surface area contributed by atoms with Crippen molar-refractivity contribution >= 4 is 17.6 Å². The predicted molar refractivity (Wildman–Crippen MR) is 89.2 cm³/mol. The molecule has 0 amide bonds. The maximum Gasteiger partial charge on any atom is 0.142 e. The summed E-state index contributed by atoms with van der Waals surface area (Å²) in [6.07, 6.45) is 4.20. The van der Waals surface area contributed by atoms with Crippen molar-refractivity contribution in [2.75, 3.05) is 17.7 Å². The largest absolute Gasteiger partial charge is 0.384 e. The first kappa shape index (κ1) is 15.0. The van der Waals surface area contributed by atoms with Crippen LogP contribution in [0.2, 0.25) is 0 Å². The molecule has 108 valence electrons. The molecule has 1 aromatic heterocycles. The second-order valence-electron chi connectivity index (χ2n) is 5.19. The number of aromatic nitrogens is 2. The van der Waals surface area contributed by atoms with Gasteiger partial charge in [0.15, 0.2) is 0 Å². The SMILES string of the molecule is CSCCCc1nc(-c2ccccc2)n(C(C)C)c1N. The van der Waals surface area contributed by atoms with Gasteiger partial charge in [-0.25, -0.2) is 4.98 Å². The summed E-state index contributed by atoms with van der Waals surface area (Å²) in [6.45, 7) is 4.30. The Balaban J connectivity index is 2.38. The number of nitrogens with two attached hydrogens (primary N) is 1. The van der Waals surface area contributed by atoms with Crippen LogP contribution in [0.4, 0.5) is 5.82 Å². The van der Waals surface area contributed by atoms with E-state index in [1.165, 1.54) is 0 Å². The molecule has 2 aromatic rings. The number of rotatable bonds is 6. The van der Waals surface area contributed by atoms with Crippen LogP contribution in [0.25, 0.3) is 11.4 Å². The molecule has 2 rings (SSSR count). The molecule has 20 heavy (non-hydrogen) atoms. The summed E-state index contributed by atoms with van der Waals surface area (Å²) in [5.41, 5.74) is 8.48. The molecule has 1 aromatic carbocycles. The molecule has 0 radical (unpaired) electrons. The Morgan fingerprint density at radius 1 is 1.25 bits per heavy atom. The maximum absolute atomic E-state index is 6.32. The maximum atomic E-state index is 6.32. The van der Waals surface area contributed by atoms with E-state index in [2.05, 4.69) is 36.8 Å². The molecule has 0 atom stereocenters. The Morgan fingerprint density at radius 2 is 1.95 bits per heavy atom. The van der Waals surface area contributed by atoms with Crippen molar-refractivity contribution < 1.29 is 0 Å². The van der Waals surface area contributed by atoms with E-state index in [-0.39, 0.29) is 0 Å². The summed E-state index contributed by atoms with van der Waals surface area (Å²) < 4.78 is 2.14. The van der Waals surface area contributed by atoms with Gasteiger partial charge in [0.05, 0.1) is 5.69 Å². The van der Waals surface area contributed by atoms with E-state index in [0.29, 0.717) is 6.04 Å². The lowest BCUT2D eigenvalue weighted by atomic mass is 10.2. The van der Waals surface area contributed by atoms with Crippen LogP contribution in [0.1, 0.15) is 32.0 Å². The van der Waals surface area contributed by atoms with Crippen molar-refractivity contribution in [3.63, 3.8) is 0 Å². The van der Waals surface area contributed by atoms with Crippen LogP contribution in [-0.2, 0) is 6.42 Å². The smallest absolute Gasteiger partial charge is 0.142 e. The molecule has 0 aliphatic heterocycles. The highest BCUT2D eigenvalue weighted by molar-refractivity contribution is 7.98. The normalized spacial score (nSPS) is 11.2. The number of thioether (sulfide) groups is 1. The lowest BCUT2D eigenvalue weighted by Crippen LogP contribution is -2.07. The third-order valence-corrected chi connectivity index (χ3v) is 4.03. The Kier molecular flexibility index (Phi) is 5.12. The fourth-order valence-electron chi connectivity index (χ4n) is 2.37. The molecular weight excluding hydrogens is 266 g/mol. The van der Waals surface area contributed by atoms with Gasteiger partial charge in [-0.3, -0.25) is 0 Å². The van der Waals surface area contributed by atoms with Crippen molar-refractivity contribution in [1.82, 2.24) is 9.55 Å². The highest BCUT2D eigenvalue weighted by atomic mass is 32.2. The van der Waals surface area contributed by atoms with E-state index in [4.69, 9.17) is 10.7 Å². The fraction of sp³-hybridized carbons (Fsp3) is 0.438. The van der Waals surface area contributed by atoms with Gasteiger partial charge in [0.25, 0.3) is 0 Å². The summed E-state index contributed by atoms with van der Waals surface area (Å²) in [7, 11) is 0. The number of aryl methyl sites for hydroxylation is 1. The minimum Gasteiger partial charge on any atom is -0.384 e. The molecule has 4 heteroatoms. The average molecular weight is 289 g/mol. The lowest BCUT2D eigenvalue weighted by Gasteiger charge is -2.13. The first-order valence-electron chi connectivity index (χ1n) is 7.06. The van der Waals surface area contributed by atoms with Crippen LogP contribution in [-0.4, -0.2) is 21.6 Å². The number of imidazole rings is 1. The highest BCUT2D eigenvalue weighted by Gasteiger charge is 2.17. The van der Waals surface area contributed by atoms with Crippen molar-refractivity contribution in [3.8, 4) is 11.4 Å². The zero-order chi connectivity index (χ0) is 14.5. The third-order valence-electron chi connectivity index (χ3n) is 3.33. The van der Waals surface area contributed by atoms with Crippen molar-refractivity contribution in [3.05, 3.63) is 36.0 Å². The summed E-state index contributed by atoms with van der Waals surface area (Å²) in [5, 5.41) is 0. The van der Waals surface area contributed by atoms with Gasteiger partial charge in [-0.2, -0.15) is 11.8 Å². The van der Waals surface area contributed by atoms with Crippen LogP contribution < -0.4 is 5.73 Å². The number of hydrogen-bond donors (Lipinski definition) is 1. The van der Waals surface area contributed by atoms with E-state index >= 15 is 0 Å². The van der Waals surface area contributed by atoms with Crippen molar-refractivity contribution in [2.45, 2.75) is 32.7 Å². The number of nitrogens with zero attached hydrogens (tertiary/aromatic N) is 2. The van der Waals surface area contributed by atoms with Gasteiger partial charge in [-0.15, -0.1) is 0 Å². The molecule has 0 spiro atoms. The monoisotopic (exact) mass is 289 g/mol. The Morgan fingerprint density at radius 3 is 2.55 bits per heavy atom. The minimum absolute atomic E-state index is 0.312. The fourth-order valence-corrected chi connectivity index (χ4v) is 2.81. The summed E-state index contributed by atoms with van der Waals surface area (Å²) >= 11 is 1.87. The molecule has 0 aliphatic carbocycles. The van der Waals surface area contributed by atoms with E-state index < -0.39 is 0 Å². The van der Waals surface area contributed by atoms with E-state index in [9.17, 15) is 0 Å². The van der Waals surface area contributed by atoms with Crippen LogP contribution in [0, 0.1) is 0 Å². The van der Waals surface area contributed by atoms with Gasteiger partial charge >= 0.3 is 0 Å². The van der Waals surface area contributed by atoms with Gasteiger partial charge in [-0.05, 0) is 38.7 Å². The molecule has 2 N–H and O–H groups in total. The van der Waals surface area contributed by atoms with Crippen molar-refractivity contribution in [2.24, 2.45) is 0 Å². The van der Waals surface area contributed by atoms with Crippen LogP contribution >= 0.6 is 11.8 Å². The molecule has 0 aliphatic rings. The van der Waals surface area contributed by atoms with E-state index in [0.717, 1.165) is 41.5 Å². The molecule has 3 nitrogen and oxygen atoms in total. The van der Waals surface area contributed by atoms with Crippen LogP contribution in [0.5, 0.6) is 0 Å². The molecule has 0 fully saturated rings. The van der Waals surface area contributed by atoms with E-state index in [1.807, 2.05) is 30.0 Å². The van der Waals surface area contributed by atoms with Gasteiger partial charge in [0.2, 0.25) is 0 Å². The second-order valence-corrected chi connectivity index (χ2v) is 6.18. The van der Waals surface area contributed by atoms with Gasteiger partial charge < -0.3 is 10.3 Å². The van der Waals surface area contributed by atoms with Crippen LogP contribution in [0.3, 0.4) is 0 Å². The van der Waals surface area contributed by atoms with Gasteiger partial charge in [0.1, 0.15) is 11.6 Å². The van der Waals surface area contributed by atoms with Crippen molar-refractivity contribution in [1.29, 1.82) is 0 Å². The van der Waals surface area contributed by atoms with E-state index in [1.54, 1.807) is 0 Å². The van der Waals surface area contributed by atoms with Crippen LogP contribution in [0.15, 0.2) is 30.3 Å².